The number of pyridine rings is 1. The first kappa shape index (κ1) is 16.2. The van der Waals surface area contributed by atoms with Crippen molar-refractivity contribution in [1.29, 1.82) is 0 Å². The average molecular weight is 307 g/mol. The summed E-state index contributed by atoms with van der Waals surface area (Å²) < 4.78 is 6.83. The van der Waals surface area contributed by atoms with Gasteiger partial charge in [0, 0.05) is 57.8 Å². The number of hydrogen-bond donors (Lipinski definition) is 1. The molecule has 2 rings (SSSR count). The van der Waals surface area contributed by atoms with Crippen LogP contribution in [0.5, 0.6) is 0 Å². The van der Waals surface area contributed by atoms with E-state index in [0.717, 1.165) is 0 Å². The van der Waals surface area contributed by atoms with Crippen LogP contribution in [0.2, 0.25) is 0 Å². The predicted molar refractivity (Wildman–Crippen MR) is 80.0 cm³/mol. The van der Waals surface area contributed by atoms with E-state index in [1.165, 1.54) is 10.6 Å². The summed E-state index contributed by atoms with van der Waals surface area (Å²) in [6.45, 7) is 1.26. The number of likely N-dealkylation sites (tertiary alicyclic amines) is 1. The van der Waals surface area contributed by atoms with Gasteiger partial charge in [-0.1, -0.05) is 6.07 Å². The molecule has 0 radical (unpaired) electrons. The Labute approximate surface area is 128 Å². The van der Waals surface area contributed by atoms with Gasteiger partial charge in [0.05, 0.1) is 6.10 Å². The number of carbonyl (C=O) groups excluding carboxylic acids is 2. The Balaban J connectivity index is 1.92. The Bertz CT molecular complexity index is 598. The van der Waals surface area contributed by atoms with Crippen molar-refractivity contribution in [2.45, 2.75) is 25.5 Å². The molecule has 0 aromatic carbocycles. The second-order valence-corrected chi connectivity index (χ2v) is 5.49. The standard InChI is InChI=1S/C15H21N3O4/c1-22-12-10-18(9-11(12)8-13(16)19)15(21)5-7-17-6-3-2-4-14(17)20/h2-4,6,11-12H,5,7-10H2,1H3,(H2,16,19)/t11-,12-/m0/s1. The Morgan fingerprint density at radius 1 is 1.36 bits per heavy atom. The SMILES string of the molecule is CO[C@H]1CN(C(=O)CCn2ccccc2=O)C[C@@H]1CC(N)=O. The molecule has 1 aliphatic rings. The van der Waals surface area contributed by atoms with E-state index in [9.17, 15) is 14.4 Å². The minimum Gasteiger partial charge on any atom is -0.379 e. The number of ether oxygens (including phenoxy) is 1. The Kier molecular flexibility index (Phi) is 5.32. The molecule has 2 amide bonds. The Hall–Kier alpha value is -2.15. The third-order valence-corrected chi connectivity index (χ3v) is 3.97. The highest BCUT2D eigenvalue weighted by molar-refractivity contribution is 5.77. The molecule has 2 heterocycles. The van der Waals surface area contributed by atoms with E-state index < -0.39 is 5.91 Å². The summed E-state index contributed by atoms with van der Waals surface area (Å²) in [5.74, 6) is -0.507. The van der Waals surface area contributed by atoms with Crippen molar-refractivity contribution in [3.63, 3.8) is 0 Å². The molecule has 0 aliphatic carbocycles. The normalized spacial score (nSPS) is 21.0. The second kappa shape index (κ2) is 7.22. The summed E-state index contributed by atoms with van der Waals surface area (Å²) in [6, 6.07) is 4.88. The van der Waals surface area contributed by atoms with E-state index >= 15 is 0 Å². The lowest BCUT2D eigenvalue weighted by Gasteiger charge is -2.16. The number of amides is 2. The fraction of sp³-hybridized carbons (Fsp3) is 0.533. The van der Waals surface area contributed by atoms with E-state index in [1.807, 2.05) is 0 Å². The van der Waals surface area contributed by atoms with Crippen LogP contribution >= 0.6 is 0 Å². The maximum absolute atomic E-state index is 12.3. The van der Waals surface area contributed by atoms with Gasteiger partial charge in [0.1, 0.15) is 0 Å². The van der Waals surface area contributed by atoms with Gasteiger partial charge in [-0.15, -0.1) is 0 Å². The van der Waals surface area contributed by atoms with E-state index in [0.29, 0.717) is 19.6 Å². The molecule has 1 saturated heterocycles. The number of nitrogens with two attached hydrogens (primary N) is 1. The van der Waals surface area contributed by atoms with Crippen LogP contribution in [-0.4, -0.2) is 47.6 Å². The lowest BCUT2D eigenvalue weighted by atomic mass is 10.0. The van der Waals surface area contributed by atoms with E-state index in [1.54, 1.807) is 30.3 Å². The highest BCUT2D eigenvalue weighted by atomic mass is 16.5. The number of carbonyl (C=O) groups is 2. The highest BCUT2D eigenvalue weighted by Crippen LogP contribution is 2.23. The van der Waals surface area contributed by atoms with Crippen LogP contribution in [0.4, 0.5) is 0 Å². The maximum Gasteiger partial charge on any atom is 0.250 e. The van der Waals surface area contributed by atoms with Gasteiger partial charge in [0.25, 0.3) is 5.56 Å². The van der Waals surface area contributed by atoms with Crippen LogP contribution < -0.4 is 11.3 Å². The minimum atomic E-state index is -0.391. The summed E-state index contributed by atoms with van der Waals surface area (Å²) in [4.78, 5) is 36.6. The number of aryl methyl sites for hydroxylation is 1. The number of primary amides is 1. The van der Waals surface area contributed by atoms with Gasteiger partial charge < -0.3 is 19.9 Å². The van der Waals surface area contributed by atoms with Crippen LogP contribution in [0.25, 0.3) is 0 Å². The molecule has 120 valence electrons. The monoisotopic (exact) mass is 307 g/mol. The van der Waals surface area contributed by atoms with Crippen LogP contribution in [0, 0.1) is 5.92 Å². The lowest BCUT2D eigenvalue weighted by Crippen LogP contribution is -2.31. The first-order valence-corrected chi connectivity index (χ1v) is 7.25. The van der Waals surface area contributed by atoms with Crippen molar-refractivity contribution in [2.75, 3.05) is 20.2 Å². The molecule has 1 aromatic heterocycles. The van der Waals surface area contributed by atoms with Gasteiger partial charge in [-0.3, -0.25) is 14.4 Å². The number of rotatable bonds is 6. The summed E-state index contributed by atoms with van der Waals surface area (Å²) in [6.07, 6.45) is 1.94. The number of nitrogens with zero attached hydrogens (tertiary/aromatic N) is 2. The van der Waals surface area contributed by atoms with Crippen LogP contribution in [0.3, 0.4) is 0 Å². The first-order valence-electron chi connectivity index (χ1n) is 7.25. The van der Waals surface area contributed by atoms with Crippen molar-refractivity contribution in [3.05, 3.63) is 34.7 Å². The predicted octanol–water partition coefficient (Wildman–Crippen LogP) is -0.413. The quantitative estimate of drug-likeness (QED) is 0.773. The molecular weight excluding hydrogens is 286 g/mol. The van der Waals surface area contributed by atoms with Crippen LogP contribution in [0.1, 0.15) is 12.8 Å². The number of aromatic nitrogens is 1. The average Bonchev–Trinajstić information content (AvgIpc) is 2.88. The van der Waals surface area contributed by atoms with Gasteiger partial charge in [0.15, 0.2) is 0 Å². The Morgan fingerprint density at radius 2 is 2.14 bits per heavy atom. The first-order chi connectivity index (χ1) is 10.5. The molecule has 0 saturated carbocycles. The maximum atomic E-state index is 12.3. The number of methoxy groups -OCH3 is 1. The van der Waals surface area contributed by atoms with Crippen LogP contribution in [0.15, 0.2) is 29.2 Å². The minimum absolute atomic E-state index is 0.0511. The van der Waals surface area contributed by atoms with Gasteiger partial charge in [-0.25, -0.2) is 0 Å². The third kappa shape index (κ3) is 3.94. The highest BCUT2D eigenvalue weighted by Gasteiger charge is 2.35. The van der Waals surface area contributed by atoms with Crippen molar-refractivity contribution < 1.29 is 14.3 Å². The van der Waals surface area contributed by atoms with Crippen molar-refractivity contribution >= 4 is 11.8 Å². The zero-order chi connectivity index (χ0) is 16.1. The molecule has 0 unspecified atom stereocenters. The zero-order valence-corrected chi connectivity index (χ0v) is 12.6. The molecule has 1 aromatic rings. The molecule has 0 spiro atoms. The fourth-order valence-corrected chi connectivity index (χ4v) is 2.79. The molecule has 2 atom stereocenters. The molecule has 2 N–H and O–H groups in total. The molecule has 0 bridgehead atoms. The summed E-state index contributed by atoms with van der Waals surface area (Å²) in [5.41, 5.74) is 5.10. The van der Waals surface area contributed by atoms with Crippen molar-refractivity contribution in [2.24, 2.45) is 11.7 Å². The van der Waals surface area contributed by atoms with Crippen molar-refractivity contribution in [1.82, 2.24) is 9.47 Å². The molecule has 22 heavy (non-hydrogen) atoms. The number of hydrogen-bond acceptors (Lipinski definition) is 4. The van der Waals surface area contributed by atoms with Crippen molar-refractivity contribution in [3.8, 4) is 0 Å². The molecule has 1 fully saturated rings. The smallest absolute Gasteiger partial charge is 0.250 e. The second-order valence-electron chi connectivity index (χ2n) is 5.49. The molecular formula is C15H21N3O4. The molecule has 7 heteroatoms. The molecule has 7 nitrogen and oxygen atoms in total. The third-order valence-electron chi connectivity index (χ3n) is 3.97. The summed E-state index contributed by atoms with van der Waals surface area (Å²) >= 11 is 0. The van der Waals surface area contributed by atoms with E-state index in [4.69, 9.17) is 10.5 Å². The molecule has 1 aliphatic heterocycles. The zero-order valence-electron chi connectivity index (χ0n) is 12.6. The summed E-state index contributed by atoms with van der Waals surface area (Å²) in [7, 11) is 1.57. The largest absolute Gasteiger partial charge is 0.379 e. The van der Waals surface area contributed by atoms with Gasteiger partial charge in [-0.2, -0.15) is 0 Å². The van der Waals surface area contributed by atoms with Gasteiger partial charge in [0.2, 0.25) is 11.8 Å². The Morgan fingerprint density at radius 3 is 2.77 bits per heavy atom. The van der Waals surface area contributed by atoms with Gasteiger partial charge in [-0.05, 0) is 6.07 Å². The topological polar surface area (TPSA) is 94.6 Å². The van der Waals surface area contributed by atoms with E-state index in [-0.39, 0.29) is 36.3 Å². The lowest BCUT2D eigenvalue weighted by molar-refractivity contribution is -0.131. The van der Waals surface area contributed by atoms with E-state index in [2.05, 4.69) is 0 Å². The summed E-state index contributed by atoms with van der Waals surface area (Å²) in [5, 5.41) is 0. The van der Waals surface area contributed by atoms with Gasteiger partial charge >= 0.3 is 0 Å². The fourth-order valence-electron chi connectivity index (χ4n) is 2.79. The van der Waals surface area contributed by atoms with Crippen LogP contribution in [-0.2, 0) is 20.9 Å².